The van der Waals surface area contributed by atoms with E-state index in [2.05, 4.69) is 10.4 Å². The number of nitrogens with one attached hydrogen (secondary N) is 1. The number of aryl methyl sites for hydroxylation is 1. The van der Waals surface area contributed by atoms with E-state index in [1.165, 1.54) is 49.5 Å². The van der Waals surface area contributed by atoms with Crippen molar-refractivity contribution in [3.63, 3.8) is 0 Å². The number of anilines is 2. The van der Waals surface area contributed by atoms with E-state index in [4.69, 9.17) is 11.6 Å². The van der Waals surface area contributed by atoms with Gasteiger partial charge in [-0.1, -0.05) is 11.6 Å². The van der Waals surface area contributed by atoms with E-state index in [1.54, 1.807) is 10.7 Å². The molecule has 0 radical (unpaired) electrons. The molecule has 3 aromatic rings. The summed E-state index contributed by atoms with van der Waals surface area (Å²) in [5.41, 5.74) is 0.610. The maximum absolute atomic E-state index is 13.2. The number of aromatic nitrogens is 2. The molecule has 1 amide bonds. The van der Waals surface area contributed by atoms with Crippen LogP contribution in [0.5, 0.6) is 0 Å². The third kappa shape index (κ3) is 4.78. The van der Waals surface area contributed by atoms with Gasteiger partial charge in [0.2, 0.25) is 0 Å². The van der Waals surface area contributed by atoms with Gasteiger partial charge in [0.1, 0.15) is 11.6 Å². The number of rotatable bonds is 5. The van der Waals surface area contributed by atoms with Crippen LogP contribution in [0.2, 0.25) is 5.02 Å². The van der Waals surface area contributed by atoms with Crippen LogP contribution in [0.1, 0.15) is 36.8 Å². The lowest BCUT2D eigenvalue weighted by Crippen LogP contribution is -2.28. The van der Waals surface area contributed by atoms with Crippen LogP contribution < -0.4 is 9.62 Å². The highest BCUT2D eigenvalue weighted by Gasteiger charge is 2.25. The number of benzene rings is 2. The minimum absolute atomic E-state index is 0.000407. The number of hydrogen-bond acceptors (Lipinski definition) is 4. The van der Waals surface area contributed by atoms with Crippen molar-refractivity contribution in [2.24, 2.45) is 0 Å². The van der Waals surface area contributed by atoms with E-state index in [1.807, 2.05) is 27.7 Å². The van der Waals surface area contributed by atoms with E-state index >= 15 is 0 Å². The van der Waals surface area contributed by atoms with Gasteiger partial charge in [0.25, 0.3) is 15.9 Å². The molecule has 0 fully saturated rings. The van der Waals surface area contributed by atoms with Crippen molar-refractivity contribution >= 4 is 39.0 Å². The maximum atomic E-state index is 13.2. The molecule has 0 aliphatic heterocycles. The van der Waals surface area contributed by atoms with Crippen molar-refractivity contribution in [3.8, 4) is 0 Å². The van der Waals surface area contributed by atoms with Gasteiger partial charge in [0.05, 0.1) is 32.4 Å². The third-order valence-electron chi connectivity index (χ3n) is 4.74. The van der Waals surface area contributed by atoms with Gasteiger partial charge >= 0.3 is 0 Å². The van der Waals surface area contributed by atoms with Crippen LogP contribution in [-0.4, -0.2) is 31.2 Å². The van der Waals surface area contributed by atoms with Gasteiger partial charge in [-0.15, -0.1) is 0 Å². The summed E-state index contributed by atoms with van der Waals surface area (Å²) in [4.78, 5) is 12.9. The van der Waals surface area contributed by atoms with Crippen LogP contribution in [0.25, 0.3) is 0 Å². The molecule has 170 valence electrons. The first kappa shape index (κ1) is 23.7. The monoisotopic (exact) mass is 478 g/mol. The summed E-state index contributed by atoms with van der Waals surface area (Å²) < 4.78 is 42.1. The fourth-order valence-electron chi connectivity index (χ4n) is 3.07. The molecule has 0 aliphatic rings. The molecule has 0 saturated heterocycles. The van der Waals surface area contributed by atoms with Crippen molar-refractivity contribution in [3.05, 3.63) is 70.6 Å². The molecule has 1 N–H and O–H groups in total. The van der Waals surface area contributed by atoms with Crippen molar-refractivity contribution in [1.29, 1.82) is 0 Å². The van der Waals surface area contributed by atoms with Gasteiger partial charge in [-0.3, -0.25) is 9.10 Å². The lowest BCUT2D eigenvalue weighted by molar-refractivity contribution is 0.102. The van der Waals surface area contributed by atoms with E-state index in [-0.39, 0.29) is 26.7 Å². The summed E-state index contributed by atoms with van der Waals surface area (Å²) in [7, 11) is -2.67. The van der Waals surface area contributed by atoms with Crippen molar-refractivity contribution in [1.82, 2.24) is 9.78 Å². The Morgan fingerprint density at radius 2 is 1.75 bits per heavy atom. The number of carbonyl (C=O) groups excluding carboxylic acids is 1. The summed E-state index contributed by atoms with van der Waals surface area (Å²) in [5.74, 6) is -0.579. The molecule has 0 spiro atoms. The molecule has 0 saturated carbocycles. The Balaban J connectivity index is 1.95. The second-order valence-electron chi connectivity index (χ2n) is 8.30. The lowest BCUT2D eigenvalue weighted by Gasteiger charge is -2.22. The highest BCUT2D eigenvalue weighted by molar-refractivity contribution is 7.92. The molecule has 0 atom stereocenters. The molecule has 3 rings (SSSR count). The van der Waals surface area contributed by atoms with Crippen molar-refractivity contribution in [2.75, 3.05) is 16.7 Å². The molecule has 0 bridgehead atoms. The Bertz CT molecular complexity index is 1270. The predicted molar refractivity (Wildman–Crippen MR) is 123 cm³/mol. The molecule has 10 heteroatoms. The van der Waals surface area contributed by atoms with Gasteiger partial charge in [-0.25, -0.2) is 17.5 Å². The Morgan fingerprint density at radius 1 is 1.12 bits per heavy atom. The van der Waals surface area contributed by atoms with Gasteiger partial charge in [-0.2, -0.15) is 5.10 Å². The molecule has 32 heavy (non-hydrogen) atoms. The smallest absolute Gasteiger partial charge is 0.264 e. The highest BCUT2D eigenvalue weighted by atomic mass is 35.5. The van der Waals surface area contributed by atoms with E-state index in [0.29, 0.717) is 5.82 Å². The number of halogens is 2. The topological polar surface area (TPSA) is 84.3 Å². The minimum atomic E-state index is -4.02. The Labute approximate surface area is 191 Å². The fraction of sp³-hybridized carbons (Fsp3) is 0.273. The SMILES string of the molecule is Cc1cc(NC(=O)c2cc(S(=O)(=O)N(C)c3ccc(F)cc3)ccc2Cl)n(C(C)(C)C)n1. The zero-order chi connectivity index (χ0) is 23.8. The van der Waals surface area contributed by atoms with Crippen molar-refractivity contribution < 1.29 is 17.6 Å². The van der Waals surface area contributed by atoms with Crippen LogP contribution >= 0.6 is 11.6 Å². The van der Waals surface area contributed by atoms with Crippen LogP contribution in [0.3, 0.4) is 0 Å². The van der Waals surface area contributed by atoms with E-state index < -0.39 is 21.7 Å². The van der Waals surface area contributed by atoms with Gasteiger partial charge in [0.15, 0.2) is 0 Å². The summed E-state index contributed by atoms with van der Waals surface area (Å²) in [6.07, 6.45) is 0. The van der Waals surface area contributed by atoms with Crippen LogP contribution in [0.15, 0.2) is 53.4 Å². The van der Waals surface area contributed by atoms with E-state index in [9.17, 15) is 17.6 Å². The molecule has 2 aromatic carbocycles. The first-order valence-electron chi connectivity index (χ1n) is 9.73. The molecular weight excluding hydrogens is 455 g/mol. The quantitative estimate of drug-likeness (QED) is 0.570. The third-order valence-corrected chi connectivity index (χ3v) is 6.85. The second-order valence-corrected chi connectivity index (χ2v) is 10.7. The number of nitrogens with zero attached hydrogens (tertiary/aromatic N) is 3. The average Bonchev–Trinajstić information content (AvgIpc) is 3.08. The first-order valence-corrected chi connectivity index (χ1v) is 11.5. The summed E-state index contributed by atoms with van der Waals surface area (Å²) in [6.45, 7) is 7.64. The Kier molecular flexibility index (Phi) is 6.35. The van der Waals surface area contributed by atoms with E-state index in [0.717, 1.165) is 10.00 Å². The predicted octanol–water partition coefficient (Wildman–Crippen LogP) is 4.82. The van der Waals surface area contributed by atoms with Crippen LogP contribution in [-0.2, 0) is 15.6 Å². The number of sulfonamides is 1. The molecule has 7 nitrogen and oxygen atoms in total. The van der Waals surface area contributed by atoms with Gasteiger partial charge < -0.3 is 5.32 Å². The lowest BCUT2D eigenvalue weighted by atomic mass is 10.1. The Morgan fingerprint density at radius 3 is 2.34 bits per heavy atom. The molecule has 0 aliphatic carbocycles. The normalized spacial score (nSPS) is 12.0. The maximum Gasteiger partial charge on any atom is 0.264 e. The average molecular weight is 479 g/mol. The van der Waals surface area contributed by atoms with Gasteiger partial charge in [0, 0.05) is 13.1 Å². The first-order chi connectivity index (χ1) is 14.8. The molecule has 0 unspecified atom stereocenters. The number of amides is 1. The zero-order valence-corrected chi connectivity index (χ0v) is 19.9. The minimum Gasteiger partial charge on any atom is -0.307 e. The summed E-state index contributed by atoms with van der Waals surface area (Å²) in [5, 5.41) is 7.28. The largest absolute Gasteiger partial charge is 0.307 e. The highest BCUT2D eigenvalue weighted by Crippen LogP contribution is 2.27. The van der Waals surface area contributed by atoms with Crippen molar-refractivity contribution in [2.45, 2.75) is 38.1 Å². The van der Waals surface area contributed by atoms with Crippen LogP contribution in [0.4, 0.5) is 15.9 Å². The number of carbonyl (C=O) groups is 1. The zero-order valence-electron chi connectivity index (χ0n) is 18.3. The summed E-state index contributed by atoms with van der Waals surface area (Å²) in [6, 6.07) is 10.7. The molecule has 1 heterocycles. The summed E-state index contributed by atoms with van der Waals surface area (Å²) >= 11 is 6.22. The number of hydrogen-bond donors (Lipinski definition) is 1. The Hall–Kier alpha value is -2.91. The van der Waals surface area contributed by atoms with Gasteiger partial charge in [-0.05, 0) is 70.2 Å². The van der Waals surface area contributed by atoms with Crippen LogP contribution in [0, 0.1) is 12.7 Å². The molecular formula is C22H24ClFN4O3S. The second kappa shape index (κ2) is 8.55. The molecule has 1 aromatic heterocycles. The fourth-order valence-corrected chi connectivity index (χ4v) is 4.50. The standard InChI is InChI=1S/C22H24ClFN4O3S/c1-14-12-20(28(26-14)22(2,3)4)25-21(29)18-13-17(10-11-19(18)23)32(30,31)27(5)16-8-6-15(24)7-9-16/h6-13H,1-5H3,(H,25,29).